The zero-order chi connectivity index (χ0) is 26.3. The third-order valence-electron chi connectivity index (χ3n) is 7.28. The molecule has 2 fully saturated rings. The van der Waals surface area contributed by atoms with Crippen molar-refractivity contribution in [1.29, 1.82) is 0 Å². The van der Waals surface area contributed by atoms with Crippen molar-refractivity contribution < 1.29 is 23.1 Å². The van der Waals surface area contributed by atoms with Gasteiger partial charge in [0.1, 0.15) is 22.1 Å². The number of hydrogen-bond donors (Lipinski definition) is 2. The van der Waals surface area contributed by atoms with E-state index in [0.29, 0.717) is 18.3 Å². The van der Waals surface area contributed by atoms with E-state index in [1.54, 1.807) is 36.4 Å². The van der Waals surface area contributed by atoms with Crippen LogP contribution in [0, 0.1) is 0 Å². The molecule has 0 amide bonds. The minimum absolute atomic E-state index is 0.106. The van der Waals surface area contributed by atoms with Gasteiger partial charge in [0.05, 0.1) is 0 Å². The van der Waals surface area contributed by atoms with Crippen LogP contribution in [0.15, 0.2) is 95.2 Å². The molecule has 2 aliphatic rings. The summed E-state index contributed by atoms with van der Waals surface area (Å²) in [5, 5.41) is 10.0. The van der Waals surface area contributed by atoms with Crippen LogP contribution in [-0.4, -0.2) is 25.0 Å². The quantitative estimate of drug-likeness (QED) is 0.249. The second-order valence-electron chi connectivity index (χ2n) is 10.00. The number of benzene rings is 3. The SMILES string of the molecule is O=C(O)C1(NS(=O)(=O)c2ccc(-c3ccc(C4CC4)cc3)s2)CC1c1ccc(OCc2ccccc2)cc1. The second-order valence-corrected chi connectivity index (χ2v) is 13.0. The first-order valence-electron chi connectivity index (χ1n) is 12.6. The second kappa shape index (κ2) is 9.69. The van der Waals surface area contributed by atoms with Crippen molar-refractivity contribution in [2.24, 2.45) is 0 Å². The van der Waals surface area contributed by atoms with Crippen molar-refractivity contribution >= 4 is 27.3 Å². The third kappa shape index (κ3) is 4.99. The van der Waals surface area contributed by atoms with Crippen molar-refractivity contribution in [1.82, 2.24) is 4.72 Å². The van der Waals surface area contributed by atoms with Crippen LogP contribution < -0.4 is 9.46 Å². The number of nitrogens with one attached hydrogen (secondary N) is 1. The molecule has 2 aliphatic carbocycles. The summed E-state index contributed by atoms with van der Waals surface area (Å²) >= 11 is 1.15. The van der Waals surface area contributed by atoms with E-state index in [-0.39, 0.29) is 10.6 Å². The van der Waals surface area contributed by atoms with E-state index in [0.717, 1.165) is 32.9 Å². The highest BCUT2D eigenvalue weighted by molar-refractivity contribution is 7.91. The maximum absolute atomic E-state index is 13.3. The van der Waals surface area contributed by atoms with Gasteiger partial charge in [-0.3, -0.25) is 4.79 Å². The Balaban J connectivity index is 1.14. The van der Waals surface area contributed by atoms with E-state index in [1.165, 1.54) is 18.4 Å². The van der Waals surface area contributed by atoms with Gasteiger partial charge in [-0.2, -0.15) is 4.72 Å². The molecule has 4 aromatic rings. The summed E-state index contributed by atoms with van der Waals surface area (Å²) in [4.78, 5) is 13.1. The van der Waals surface area contributed by atoms with Crippen molar-refractivity contribution in [3.63, 3.8) is 0 Å². The molecule has 1 aromatic heterocycles. The van der Waals surface area contributed by atoms with E-state index in [2.05, 4.69) is 16.9 Å². The normalized spacial score (nSPS) is 20.7. The summed E-state index contributed by atoms with van der Waals surface area (Å²) < 4.78 is 35.0. The summed E-state index contributed by atoms with van der Waals surface area (Å²) in [6.07, 6.45) is 2.64. The zero-order valence-electron chi connectivity index (χ0n) is 20.5. The fourth-order valence-electron chi connectivity index (χ4n) is 4.84. The molecule has 0 aliphatic heterocycles. The predicted octanol–water partition coefficient (Wildman–Crippen LogP) is 6.16. The summed E-state index contributed by atoms with van der Waals surface area (Å²) in [7, 11) is -4.02. The number of sulfonamides is 1. The summed E-state index contributed by atoms with van der Waals surface area (Å²) in [5.74, 6) is -0.324. The van der Waals surface area contributed by atoms with E-state index in [1.807, 2.05) is 42.5 Å². The number of ether oxygens (including phenoxy) is 1. The largest absolute Gasteiger partial charge is 0.489 e. The highest BCUT2D eigenvalue weighted by Crippen LogP contribution is 2.53. The molecule has 6 nitrogen and oxygen atoms in total. The lowest BCUT2D eigenvalue weighted by molar-refractivity contribution is -0.140. The van der Waals surface area contributed by atoms with Crippen LogP contribution in [0.1, 0.15) is 47.8 Å². The lowest BCUT2D eigenvalue weighted by Gasteiger charge is -2.15. The van der Waals surface area contributed by atoms with Gasteiger partial charge >= 0.3 is 5.97 Å². The Labute approximate surface area is 226 Å². The van der Waals surface area contributed by atoms with Gasteiger partial charge in [0.25, 0.3) is 10.0 Å². The number of aliphatic carboxylic acids is 1. The average Bonchev–Trinajstić information content (AvgIpc) is 3.85. The molecular weight excluding hydrogens is 518 g/mol. The monoisotopic (exact) mass is 545 g/mol. The summed E-state index contributed by atoms with van der Waals surface area (Å²) in [5.41, 5.74) is 2.50. The lowest BCUT2D eigenvalue weighted by Crippen LogP contribution is -2.44. The summed E-state index contributed by atoms with van der Waals surface area (Å²) in [6.45, 7) is 0.427. The maximum Gasteiger partial charge on any atom is 0.325 e. The van der Waals surface area contributed by atoms with Crippen LogP contribution in [0.3, 0.4) is 0 Å². The van der Waals surface area contributed by atoms with Crippen molar-refractivity contribution in [2.75, 3.05) is 0 Å². The number of hydrogen-bond acceptors (Lipinski definition) is 5. The first-order chi connectivity index (χ1) is 18.3. The Morgan fingerprint density at radius 1 is 0.921 bits per heavy atom. The smallest absolute Gasteiger partial charge is 0.325 e. The molecule has 194 valence electrons. The van der Waals surface area contributed by atoms with Crippen LogP contribution in [0.2, 0.25) is 0 Å². The molecule has 2 N–H and O–H groups in total. The first-order valence-corrected chi connectivity index (χ1v) is 14.9. The molecule has 2 saturated carbocycles. The molecule has 0 spiro atoms. The van der Waals surface area contributed by atoms with E-state index < -0.39 is 27.4 Å². The van der Waals surface area contributed by atoms with Gasteiger partial charge in [-0.25, -0.2) is 8.42 Å². The van der Waals surface area contributed by atoms with Crippen LogP contribution in [0.4, 0.5) is 0 Å². The molecular formula is C30H27NO5S2. The topological polar surface area (TPSA) is 92.7 Å². The summed E-state index contributed by atoms with van der Waals surface area (Å²) in [6, 6.07) is 28.6. The maximum atomic E-state index is 13.3. The molecule has 2 atom stereocenters. The van der Waals surface area contributed by atoms with Crippen LogP contribution >= 0.6 is 11.3 Å². The lowest BCUT2D eigenvalue weighted by atomic mass is 10.1. The number of carboxylic acids is 1. The number of carboxylic acid groups (broad SMARTS) is 1. The molecule has 0 bridgehead atoms. The Bertz CT molecular complexity index is 1560. The van der Waals surface area contributed by atoms with Gasteiger partial charge in [0.2, 0.25) is 0 Å². The molecule has 3 aromatic carbocycles. The molecule has 38 heavy (non-hydrogen) atoms. The Hall–Kier alpha value is -3.46. The van der Waals surface area contributed by atoms with Gasteiger partial charge in [0, 0.05) is 10.8 Å². The minimum Gasteiger partial charge on any atom is -0.489 e. The number of rotatable bonds is 10. The van der Waals surface area contributed by atoms with Gasteiger partial charge in [-0.15, -0.1) is 11.3 Å². The standard InChI is InChI=1S/C30H27NO5S2/c32-29(33)30(18-26(30)23-12-14-25(15-13-23)36-19-20-4-2-1-3-5-20)31-38(34,35)28-17-16-27(37-28)24-10-8-22(9-11-24)21-6-7-21/h1-5,8-17,21,26,31H,6-7,18-19H2,(H,32,33). The Morgan fingerprint density at radius 2 is 1.61 bits per heavy atom. The molecule has 2 unspecified atom stereocenters. The van der Waals surface area contributed by atoms with Crippen molar-refractivity contribution in [3.8, 4) is 16.2 Å². The fourth-order valence-corrected chi connectivity index (χ4v) is 7.56. The van der Waals surface area contributed by atoms with Crippen LogP contribution in [0.5, 0.6) is 5.75 Å². The zero-order valence-corrected chi connectivity index (χ0v) is 22.2. The van der Waals surface area contributed by atoms with Crippen LogP contribution in [0.25, 0.3) is 10.4 Å². The molecule has 0 saturated heterocycles. The average molecular weight is 546 g/mol. The first kappa shape index (κ1) is 24.9. The molecule has 8 heteroatoms. The van der Waals surface area contributed by atoms with Crippen LogP contribution in [-0.2, 0) is 21.4 Å². The molecule has 1 heterocycles. The molecule has 6 rings (SSSR count). The van der Waals surface area contributed by atoms with Gasteiger partial charge in [-0.05, 0) is 71.7 Å². The van der Waals surface area contributed by atoms with Gasteiger partial charge in [0.15, 0.2) is 0 Å². The number of thiophene rings is 1. The Kier molecular flexibility index (Phi) is 6.34. The Morgan fingerprint density at radius 3 is 2.26 bits per heavy atom. The highest BCUT2D eigenvalue weighted by atomic mass is 32.2. The van der Waals surface area contributed by atoms with E-state index >= 15 is 0 Å². The third-order valence-corrected chi connectivity index (χ3v) is 10.4. The van der Waals surface area contributed by atoms with Crippen molar-refractivity contribution in [2.45, 2.75) is 47.5 Å². The van der Waals surface area contributed by atoms with Gasteiger partial charge in [-0.1, -0.05) is 66.7 Å². The van der Waals surface area contributed by atoms with Crippen molar-refractivity contribution in [3.05, 3.63) is 108 Å². The number of carbonyl (C=O) groups is 1. The van der Waals surface area contributed by atoms with Gasteiger partial charge < -0.3 is 9.84 Å². The molecule has 0 radical (unpaired) electrons. The predicted molar refractivity (Wildman–Crippen MR) is 147 cm³/mol. The van der Waals surface area contributed by atoms with E-state index in [4.69, 9.17) is 4.74 Å². The fraction of sp³-hybridized carbons (Fsp3) is 0.233. The minimum atomic E-state index is -4.02. The highest BCUT2D eigenvalue weighted by Gasteiger charge is 2.63. The van der Waals surface area contributed by atoms with E-state index in [9.17, 15) is 18.3 Å².